The molecule has 0 aliphatic heterocycles. The molecule has 0 fully saturated rings. The molecule has 5 heteroatoms. The van der Waals surface area contributed by atoms with E-state index in [0.717, 1.165) is 12.0 Å². The van der Waals surface area contributed by atoms with Crippen LogP contribution in [-0.4, -0.2) is 23.6 Å². The Morgan fingerprint density at radius 3 is 2.59 bits per heavy atom. The molecule has 0 spiro atoms. The van der Waals surface area contributed by atoms with Gasteiger partial charge in [-0.1, -0.05) is 30.3 Å². The normalized spacial score (nSPS) is 11.0. The highest BCUT2D eigenvalue weighted by Gasteiger charge is 2.21. The second kappa shape index (κ2) is 6.14. The van der Waals surface area contributed by atoms with Crippen LogP contribution in [0.3, 0.4) is 0 Å². The van der Waals surface area contributed by atoms with Crippen molar-refractivity contribution < 1.29 is 5.11 Å². The number of rotatable bonds is 4. The predicted octanol–water partition coefficient (Wildman–Crippen LogP) is 2.26. The largest absolute Gasteiger partial charge is 0.519 e. The number of likely N-dealkylation sites (N-methyl/N-ethyl adjacent to an activating group) is 1. The maximum Gasteiger partial charge on any atom is 0.519 e. The Kier molecular flexibility index (Phi) is 4.53. The maximum atomic E-state index is 9.58. The quantitative estimate of drug-likeness (QED) is 0.488. The fourth-order valence-corrected chi connectivity index (χ4v) is 1.35. The van der Waals surface area contributed by atoms with Gasteiger partial charge < -0.3 is 10.0 Å². The van der Waals surface area contributed by atoms with Crippen LogP contribution >= 0.6 is 0 Å². The molecule has 0 heterocycles. The molecule has 0 aliphatic carbocycles. The van der Waals surface area contributed by atoms with E-state index in [-0.39, 0.29) is 11.6 Å². The van der Waals surface area contributed by atoms with Gasteiger partial charge in [-0.3, -0.25) is 0 Å². The van der Waals surface area contributed by atoms with Gasteiger partial charge in [-0.25, -0.2) is 0 Å². The van der Waals surface area contributed by atoms with Crippen LogP contribution in [0.2, 0.25) is 0 Å². The van der Waals surface area contributed by atoms with Gasteiger partial charge in [0.2, 0.25) is 11.5 Å². The average Bonchev–Trinajstić information content (AvgIpc) is 2.38. The standard InChI is InChI=1S/C12H12N4O/c1-16(12(17)11(9-13)15-14)8-7-10-5-3-2-4-6-10/h2-6H,7-8H2,1H3/p+1/b12-11-. The lowest BCUT2D eigenvalue weighted by molar-refractivity contribution is 0.232. The summed E-state index contributed by atoms with van der Waals surface area (Å²) < 4.78 is 0. The highest BCUT2D eigenvalue weighted by atomic mass is 16.3. The number of nitrogens with zero attached hydrogens (tertiary/aromatic N) is 4. The van der Waals surface area contributed by atoms with Crippen LogP contribution < -0.4 is 0 Å². The predicted molar refractivity (Wildman–Crippen MR) is 63.1 cm³/mol. The van der Waals surface area contributed by atoms with Crippen LogP contribution in [0.15, 0.2) is 41.9 Å². The van der Waals surface area contributed by atoms with Crippen molar-refractivity contribution in [3.63, 3.8) is 0 Å². The van der Waals surface area contributed by atoms with Gasteiger partial charge in [0, 0.05) is 13.6 Å². The van der Waals surface area contributed by atoms with Crippen molar-refractivity contribution >= 4 is 0 Å². The van der Waals surface area contributed by atoms with E-state index in [1.54, 1.807) is 13.1 Å². The first-order chi connectivity index (χ1) is 8.19. The maximum absolute atomic E-state index is 9.58. The second-order valence-corrected chi connectivity index (χ2v) is 3.54. The van der Waals surface area contributed by atoms with E-state index < -0.39 is 0 Å². The molecular weight excluding hydrogens is 216 g/mol. The third-order valence-electron chi connectivity index (χ3n) is 2.36. The Balaban J connectivity index is 2.63. The molecule has 1 aromatic carbocycles. The summed E-state index contributed by atoms with van der Waals surface area (Å²) in [4.78, 5) is 4.17. The SMILES string of the molecule is CN(CCc1ccccc1)/C(O)=C(\C#N)[N+]#N. The smallest absolute Gasteiger partial charge is 0.488 e. The molecule has 5 nitrogen and oxygen atoms in total. The Bertz CT molecular complexity index is 465. The van der Waals surface area contributed by atoms with Crippen LogP contribution in [0.4, 0.5) is 0 Å². The highest BCUT2D eigenvalue weighted by Crippen LogP contribution is 2.08. The third-order valence-corrected chi connectivity index (χ3v) is 2.36. The summed E-state index contributed by atoms with van der Waals surface area (Å²) in [5.41, 5.74) is 0.743. The molecule has 1 aromatic rings. The van der Waals surface area contributed by atoms with Crippen molar-refractivity contribution in [3.05, 3.63) is 52.5 Å². The summed E-state index contributed by atoms with van der Waals surface area (Å²) in [5.74, 6) is -0.328. The van der Waals surface area contributed by atoms with Gasteiger partial charge in [0.1, 0.15) is 0 Å². The van der Waals surface area contributed by atoms with Gasteiger partial charge in [0.15, 0.2) is 4.98 Å². The first-order valence-corrected chi connectivity index (χ1v) is 5.12. The summed E-state index contributed by atoms with van der Waals surface area (Å²) >= 11 is 0. The molecule has 0 bridgehead atoms. The molecule has 1 N–H and O–H groups in total. The lowest BCUT2D eigenvalue weighted by Crippen LogP contribution is -2.21. The topological polar surface area (TPSA) is 75.4 Å². The number of aliphatic hydroxyl groups is 1. The van der Waals surface area contributed by atoms with Crippen molar-refractivity contribution in [1.82, 2.24) is 4.90 Å². The van der Waals surface area contributed by atoms with Crippen molar-refractivity contribution in [2.75, 3.05) is 13.6 Å². The van der Waals surface area contributed by atoms with Gasteiger partial charge in [0.25, 0.3) is 5.88 Å². The monoisotopic (exact) mass is 229 g/mol. The molecule has 0 unspecified atom stereocenters. The zero-order valence-corrected chi connectivity index (χ0v) is 9.54. The third kappa shape index (κ3) is 3.51. The lowest BCUT2D eigenvalue weighted by Gasteiger charge is -2.14. The molecule has 1 rings (SSSR count). The Hall–Kier alpha value is -2.53. The van der Waals surface area contributed by atoms with E-state index >= 15 is 0 Å². The minimum Gasteiger partial charge on any atom is -0.488 e. The zero-order chi connectivity index (χ0) is 12.7. The molecule has 0 aliphatic rings. The van der Waals surface area contributed by atoms with Crippen LogP contribution in [0, 0.1) is 16.7 Å². The number of benzene rings is 1. The highest BCUT2D eigenvalue weighted by molar-refractivity contribution is 5.28. The second-order valence-electron chi connectivity index (χ2n) is 3.54. The van der Waals surface area contributed by atoms with Crippen molar-refractivity contribution in [1.29, 1.82) is 10.7 Å². The summed E-state index contributed by atoms with van der Waals surface area (Å²) in [6.45, 7) is 0.524. The fourth-order valence-electron chi connectivity index (χ4n) is 1.35. The van der Waals surface area contributed by atoms with Crippen LogP contribution in [0.25, 0.3) is 4.98 Å². The van der Waals surface area contributed by atoms with Crippen molar-refractivity contribution in [2.45, 2.75) is 6.42 Å². The number of nitriles is 1. The first kappa shape index (κ1) is 12.5. The number of hydrogen-bond donors (Lipinski definition) is 1. The number of allylic oxidation sites excluding steroid dienone is 1. The van der Waals surface area contributed by atoms with E-state index in [1.807, 2.05) is 30.3 Å². The molecular formula is C12H13N4O+. The minimum absolute atomic E-state index is 0.328. The molecule has 0 saturated heterocycles. The zero-order valence-electron chi connectivity index (χ0n) is 9.54. The van der Waals surface area contributed by atoms with Gasteiger partial charge in [0.05, 0.1) is 0 Å². The summed E-state index contributed by atoms with van der Waals surface area (Å²) in [6.07, 6.45) is 0.728. The molecule has 0 radical (unpaired) electrons. The van der Waals surface area contributed by atoms with Gasteiger partial charge in [-0.15, -0.1) is 0 Å². The number of hydrogen-bond acceptors (Lipinski definition) is 4. The fraction of sp³-hybridized carbons (Fsp3) is 0.250. The number of diazo groups is 1. The van der Waals surface area contributed by atoms with Crippen LogP contribution in [0.1, 0.15) is 5.56 Å². The first-order valence-electron chi connectivity index (χ1n) is 5.12. The van der Waals surface area contributed by atoms with E-state index in [0.29, 0.717) is 6.54 Å². The summed E-state index contributed by atoms with van der Waals surface area (Å²) in [7, 11) is 1.63. The molecule has 0 amide bonds. The molecule has 86 valence electrons. The molecule has 0 atom stereocenters. The van der Waals surface area contributed by atoms with E-state index in [2.05, 4.69) is 4.98 Å². The summed E-state index contributed by atoms with van der Waals surface area (Å²) in [5, 5.41) is 26.7. The van der Waals surface area contributed by atoms with Crippen LogP contribution in [-0.2, 0) is 6.42 Å². The Morgan fingerprint density at radius 2 is 2.06 bits per heavy atom. The Morgan fingerprint density at radius 1 is 1.41 bits per heavy atom. The van der Waals surface area contributed by atoms with Crippen molar-refractivity contribution in [2.24, 2.45) is 0 Å². The van der Waals surface area contributed by atoms with E-state index in [4.69, 9.17) is 10.7 Å². The summed E-state index contributed by atoms with van der Waals surface area (Å²) in [6, 6.07) is 11.4. The van der Waals surface area contributed by atoms with Gasteiger partial charge in [-0.05, 0) is 12.0 Å². The van der Waals surface area contributed by atoms with Gasteiger partial charge in [-0.2, -0.15) is 5.26 Å². The van der Waals surface area contributed by atoms with E-state index in [9.17, 15) is 5.11 Å². The lowest BCUT2D eigenvalue weighted by atomic mass is 10.1. The van der Waals surface area contributed by atoms with Gasteiger partial charge >= 0.3 is 5.70 Å². The molecule has 0 saturated carbocycles. The number of aliphatic hydroxyl groups excluding tert-OH is 1. The molecule has 0 aromatic heterocycles. The minimum atomic E-state index is -0.388. The Labute approximate surface area is 99.8 Å². The average molecular weight is 229 g/mol. The van der Waals surface area contributed by atoms with Crippen molar-refractivity contribution in [3.8, 4) is 6.07 Å². The molecule has 17 heavy (non-hydrogen) atoms. The van der Waals surface area contributed by atoms with E-state index in [1.165, 1.54) is 4.90 Å². The van der Waals surface area contributed by atoms with Crippen LogP contribution in [0.5, 0.6) is 0 Å².